The second-order valence-corrected chi connectivity index (χ2v) is 8.77. The van der Waals surface area contributed by atoms with Crippen LogP contribution in [-0.2, 0) is 0 Å². The molecule has 178 valence electrons. The van der Waals surface area contributed by atoms with E-state index in [0.29, 0.717) is 35.6 Å². The second-order valence-electron chi connectivity index (χ2n) is 8.77. The molecule has 0 unspecified atom stereocenters. The minimum atomic E-state index is -0.521. The van der Waals surface area contributed by atoms with Crippen LogP contribution in [0.5, 0.6) is 0 Å². The second kappa shape index (κ2) is 9.72. The van der Waals surface area contributed by atoms with Crippen molar-refractivity contribution in [1.82, 2.24) is 29.3 Å². The van der Waals surface area contributed by atoms with Crippen LogP contribution in [-0.4, -0.2) is 68.5 Å². The number of carbonyl (C=O) groups excluding carboxylic acids is 1. The fraction of sp³-hybridized carbons (Fsp3) is 0.360. The smallest absolute Gasteiger partial charge is 0.254 e. The van der Waals surface area contributed by atoms with Crippen LogP contribution >= 0.6 is 0 Å². The third kappa shape index (κ3) is 4.70. The summed E-state index contributed by atoms with van der Waals surface area (Å²) in [5.74, 6) is 0.506. The number of likely N-dealkylation sites (N-methyl/N-ethyl adjacent to an activating group) is 1. The SMILES string of the molecule is C=Cc1cc(Nc2ncc(F)c(-c3cnc(C)n3C(C)C)n2)ccc1C(=O)N1CCN(C)CC1. The summed E-state index contributed by atoms with van der Waals surface area (Å²) in [5, 5.41) is 3.13. The van der Waals surface area contributed by atoms with Gasteiger partial charge in [0.1, 0.15) is 11.5 Å². The van der Waals surface area contributed by atoms with Crippen LogP contribution in [0.3, 0.4) is 0 Å². The fourth-order valence-electron chi connectivity index (χ4n) is 4.20. The number of benzene rings is 1. The lowest BCUT2D eigenvalue weighted by molar-refractivity contribution is 0.0664. The van der Waals surface area contributed by atoms with E-state index in [1.54, 1.807) is 24.4 Å². The van der Waals surface area contributed by atoms with E-state index in [-0.39, 0.29) is 23.6 Å². The Morgan fingerprint density at radius 2 is 1.91 bits per heavy atom. The number of nitrogens with zero attached hydrogens (tertiary/aromatic N) is 6. The lowest BCUT2D eigenvalue weighted by Gasteiger charge is -2.32. The fourth-order valence-corrected chi connectivity index (χ4v) is 4.20. The Kier molecular flexibility index (Phi) is 6.74. The van der Waals surface area contributed by atoms with Crippen molar-refractivity contribution in [2.24, 2.45) is 0 Å². The topological polar surface area (TPSA) is 79.2 Å². The Morgan fingerprint density at radius 3 is 2.59 bits per heavy atom. The molecule has 1 aliphatic rings. The first-order chi connectivity index (χ1) is 16.3. The first-order valence-electron chi connectivity index (χ1n) is 11.4. The standard InChI is InChI=1S/C25H30FN7O/c1-6-18-13-19(7-8-20(18)24(34)32-11-9-31(5)10-12-32)29-25-28-14-21(26)23(30-25)22-15-27-17(4)33(22)16(2)3/h6-8,13-16H,1,9-12H2,2-5H3,(H,28,29,30). The Hall–Kier alpha value is -3.59. The molecule has 1 amide bonds. The molecule has 1 aliphatic heterocycles. The van der Waals surface area contributed by atoms with Crippen LogP contribution in [0, 0.1) is 12.7 Å². The summed E-state index contributed by atoms with van der Waals surface area (Å²) in [5.41, 5.74) is 2.76. The van der Waals surface area contributed by atoms with E-state index in [1.165, 1.54) is 0 Å². The summed E-state index contributed by atoms with van der Waals surface area (Å²) in [4.78, 5) is 30.0. The summed E-state index contributed by atoms with van der Waals surface area (Å²) in [6, 6.07) is 5.50. The van der Waals surface area contributed by atoms with Crippen LogP contribution in [0.1, 0.15) is 41.6 Å². The van der Waals surface area contributed by atoms with E-state index >= 15 is 0 Å². The first kappa shape index (κ1) is 23.6. The molecule has 4 rings (SSSR count). The largest absolute Gasteiger partial charge is 0.336 e. The van der Waals surface area contributed by atoms with Crippen molar-refractivity contribution in [3.05, 3.63) is 59.9 Å². The molecule has 8 nitrogen and oxygen atoms in total. The number of hydrogen-bond donors (Lipinski definition) is 1. The van der Waals surface area contributed by atoms with Crippen molar-refractivity contribution in [1.29, 1.82) is 0 Å². The highest BCUT2D eigenvalue weighted by molar-refractivity contribution is 5.98. The molecule has 0 atom stereocenters. The molecular formula is C25H30FN7O. The summed E-state index contributed by atoms with van der Waals surface area (Å²) in [7, 11) is 2.05. The molecule has 9 heteroatoms. The van der Waals surface area contributed by atoms with Crippen LogP contribution in [0.4, 0.5) is 16.0 Å². The van der Waals surface area contributed by atoms with Crippen molar-refractivity contribution in [3.63, 3.8) is 0 Å². The number of carbonyl (C=O) groups is 1. The molecule has 0 radical (unpaired) electrons. The van der Waals surface area contributed by atoms with E-state index in [9.17, 15) is 9.18 Å². The van der Waals surface area contributed by atoms with Gasteiger partial charge in [0.05, 0.1) is 18.1 Å². The summed E-state index contributed by atoms with van der Waals surface area (Å²) >= 11 is 0. The number of rotatable bonds is 6. The van der Waals surface area contributed by atoms with Crippen LogP contribution in [0.2, 0.25) is 0 Å². The normalized spacial score (nSPS) is 14.5. The Labute approximate surface area is 199 Å². The van der Waals surface area contributed by atoms with Gasteiger partial charge in [-0.25, -0.2) is 19.3 Å². The molecule has 3 aromatic rings. The monoisotopic (exact) mass is 463 g/mol. The third-order valence-electron chi connectivity index (χ3n) is 6.03. The summed E-state index contributed by atoms with van der Waals surface area (Å²) in [6.45, 7) is 12.9. The predicted molar refractivity (Wildman–Crippen MR) is 132 cm³/mol. The maximum Gasteiger partial charge on any atom is 0.254 e. The van der Waals surface area contributed by atoms with Crippen molar-refractivity contribution in [3.8, 4) is 11.4 Å². The number of hydrogen-bond acceptors (Lipinski definition) is 6. The minimum Gasteiger partial charge on any atom is -0.336 e. The van der Waals surface area contributed by atoms with E-state index in [0.717, 1.165) is 25.1 Å². The van der Waals surface area contributed by atoms with Gasteiger partial charge in [-0.3, -0.25) is 4.79 Å². The predicted octanol–water partition coefficient (Wildman–Crippen LogP) is 4.14. The van der Waals surface area contributed by atoms with Crippen LogP contribution in [0.15, 0.2) is 37.2 Å². The average Bonchev–Trinajstić information content (AvgIpc) is 3.21. The minimum absolute atomic E-state index is 0.00724. The van der Waals surface area contributed by atoms with Crippen molar-refractivity contribution in [2.45, 2.75) is 26.8 Å². The highest BCUT2D eigenvalue weighted by Gasteiger charge is 2.22. The molecule has 2 aromatic heterocycles. The van der Waals surface area contributed by atoms with Gasteiger partial charge in [0.25, 0.3) is 5.91 Å². The lowest BCUT2D eigenvalue weighted by atomic mass is 10.0. The molecule has 0 bridgehead atoms. The Bertz CT molecular complexity index is 1210. The molecule has 0 spiro atoms. The van der Waals surface area contributed by atoms with E-state index in [1.807, 2.05) is 36.3 Å². The number of imidazole rings is 1. The van der Waals surface area contributed by atoms with Crippen molar-refractivity contribution < 1.29 is 9.18 Å². The van der Waals surface area contributed by atoms with Gasteiger partial charge in [0.2, 0.25) is 5.95 Å². The molecule has 0 aliphatic carbocycles. The highest BCUT2D eigenvalue weighted by atomic mass is 19.1. The Balaban J connectivity index is 1.59. The van der Waals surface area contributed by atoms with Crippen LogP contribution < -0.4 is 5.32 Å². The maximum absolute atomic E-state index is 14.7. The molecule has 0 saturated carbocycles. The number of anilines is 2. The quantitative estimate of drug-likeness (QED) is 0.592. The first-order valence-corrected chi connectivity index (χ1v) is 11.4. The zero-order valence-corrected chi connectivity index (χ0v) is 20.0. The molecule has 1 saturated heterocycles. The highest BCUT2D eigenvalue weighted by Crippen LogP contribution is 2.27. The van der Waals surface area contributed by atoms with Gasteiger partial charge in [0, 0.05) is 43.5 Å². The summed E-state index contributed by atoms with van der Waals surface area (Å²) < 4.78 is 16.6. The van der Waals surface area contributed by atoms with Crippen molar-refractivity contribution >= 4 is 23.6 Å². The van der Waals surface area contributed by atoms with Gasteiger partial charge in [-0.2, -0.15) is 0 Å². The molecule has 1 N–H and O–H groups in total. The van der Waals surface area contributed by atoms with Gasteiger partial charge < -0.3 is 19.7 Å². The van der Waals surface area contributed by atoms with Gasteiger partial charge in [-0.1, -0.05) is 12.7 Å². The Morgan fingerprint density at radius 1 is 1.18 bits per heavy atom. The zero-order chi connectivity index (χ0) is 24.4. The number of nitrogens with one attached hydrogen (secondary N) is 1. The molecule has 1 fully saturated rings. The maximum atomic E-state index is 14.7. The van der Waals surface area contributed by atoms with Gasteiger partial charge in [-0.05, 0) is 51.6 Å². The van der Waals surface area contributed by atoms with Crippen LogP contribution in [0.25, 0.3) is 17.5 Å². The van der Waals surface area contributed by atoms with E-state index in [4.69, 9.17) is 0 Å². The van der Waals surface area contributed by atoms with Gasteiger partial charge in [0.15, 0.2) is 5.82 Å². The summed E-state index contributed by atoms with van der Waals surface area (Å²) in [6.07, 6.45) is 4.44. The lowest BCUT2D eigenvalue weighted by Crippen LogP contribution is -2.47. The van der Waals surface area contributed by atoms with Gasteiger partial charge >= 0.3 is 0 Å². The number of aromatic nitrogens is 4. The van der Waals surface area contributed by atoms with E-state index in [2.05, 4.69) is 38.8 Å². The third-order valence-corrected chi connectivity index (χ3v) is 6.03. The van der Waals surface area contributed by atoms with E-state index < -0.39 is 5.82 Å². The molecule has 3 heterocycles. The number of piperazine rings is 1. The molecular weight excluding hydrogens is 433 g/mol. The number of aryl methyl sites for hydroxylation is 1. The number of amides is 1. The van der Waals surface area contributed by atoms with Gasteiger partial charge in [-0.15, -0.1) is 0 Å². The zero-order valence-electron chi connectivity index (χ0n) is 20.0. The number of halogens is 1. The van der Waals surface area contributed by atoms with Crippen molar-refractivity contribution in [2.75, 3.05) is 38.5 Å². The molecule has 34 heavy (non-hydrogen) atoms. The molecule has 1 aromatic carbocycles. The average molecular weight is 464 g/mol.